The maximum atomic E-state index is 12.2. The number of hydrogen-bond donors (Lipinski definition) is 5. The summed E-state index contributed by atoms with van der Waals surface area (Å²) in [7, 11) is 0. The number of carbonyl (C=O) groups is 2. The van der Waals surface area contributed by atoms with Gasteiger partial charge in [-0.15, -0.1) is 0 Å². The molecule has 0 aliphatic heterocycles. The number of rotatable bonds is 6. The van der Waals surface area contributed by atoms with Crippen LogP contribution in [0.5, 0.6) is 0 Å². The van der Waals surface area contributed by atoms with Crippen molar-refractivity contribution in [2.75, 3.05) is 0 Å². The molecule has 5 N–H and O–H groups in total. The average Bonchev–Trinajstić information content (AvgIpc) is 2.62. The van der Waals surface area contributed by atoms with E-state index in [1.807, 2.05) is 5.48 Å². The molecule has 0 bridgehead atoms. The largest absolute Gasteiger partial charge is 0.338 e. The van der Waals surface area contributed by atoms with Crippen molar-refractivity contribution in [2.45, 2.75) is 12.1 Å². The van der Waals surface area contributed by atoms with Crippen LogP contribution in [0.4, 0.5) is 0 Å². The van der Waals surface area contributed by atoms with Crippen LogP contribution in [0.15, 0.2) is 60.7 Å². The van der Waals surface area contributed by atoms with Gasteiger partial charge in [-0.3, -0.25) is 14.8 Å². The zero-order valence-electron chi connectivity index (χ0n) is 12.1. The van der Waals surface area contributed by atoms with Gasteiger partial charge in [0, 0.05) is 5.56 Å². The molecule has 0 aliphatic carbocycles. The van der Waals surface area contributed by atoms with E-state index in [4.69, 9.17) is 5.21 Å². The average molecular weight is 315 g/mol. The predicted octanol–water partition coefficient (Wildman–Crippen LogP) is 1.01. The van der Waals surface area contributed by atoms with Crippen LogP contribution < -0.4 is 16.3 Å². The van der Waals surface area contributed by atoms with Gasteiger partial charge < -0.3 is 10.5 Å². The summed E-state index contributed by atoms with van der Waals surface area (Å²) in [6, 6.07) is 14.8. The molecule has 2 amide bonds. The standard InChI is InChI=1S/C16H17N3O4/c20-15(12-9-5-2-6-10-12)17-14(16(21)19-23)13(18-22)11-7-3-1-4-8-11/h1-10,13-14,18,22-23H,(H,17,20)(H,19,21)/t13-,14+/m1/s1. The van der Waals surface area contributed by atoms with E-state index >= 15 is 0 Å². The summed E-state index contributed by atoms with van der Waals surface area (Å²) >= 11 is 0. The lowest BCUT2D eigenvalue weighted by Crippen LogP contribution is -2.52. The highest BCUT2D eigenvalue weighted by Crippen LogP contribution is 2.17. The molecule has 0 unspecified atom stereocenters. The van der Waals surface area contributed by atoms with E-state index in [1.165, 1.54) is 5.48 Å². The molecular formula is C16H17N3O4. The minimum Gasteiger partial charge on any atom is -0.338 e. The third kappa shape index (κ3) is 4.13. The Labute approximate surface area is 132 Å². The van der Waals surface area contributed by atoms with E-state index in [0.29, 0.717) is 11.1 Å². The number of benzene rings is 2. The van der Waals surface area contributed by atoms with E-state index in [0.717, 1.165) is 0 Å². The highest BCUT2D eigenvalue weighted by Gasteiger charge is 2.31. The lowest BCUT2D eigenvalue weighted by atomic mass is 9.99. The topological polar surface area (TPSA) is 111 Å². The maximum absolute atomic E-state index is 12.2. The van der Waals surface area contributed by atoms with Crippen LogP contribution >= 0.6 is 0 Å². The van der Waals surface area contributed by atoms with Crippen molar-refractivity contribution in [1.82, 2.24) is 16.3 Å². The summed E-state index contributed by atoms with van der Waals surface area (Å²) in [5, 5.41) is 20.8. The molecule has 0 aromatic heterocycles. The monoisotopic (exact) mass is 315 g/mol. The lowest BCUT2D eigenvalue weighted by Gasteiger charge is -2.25. The molecule has 2 rings (SSSR count). The summed E-state index contributed by atoms with van der Waals surface area (Å²) in [6.07, 6.45) is 0. The van der Waals surface area contributed by atoms with E-state index in [1.54, 1.807) is 60.7 Å². The second-order valence-corrected chi connectivity index (χ2v) is 4.81. The molecule has 23 heavy (non-hydrogen) atoms. The Kier molecular flexibility index (Phi) is 5.81. The zero-order chi connectivity index (χ0) is 16.7. The van der Waals surface area contributed by atoms with Gasteiger partial charge in [-0.2, -0.15) is 5.48 Å². The third-order valence-electron chi connectivity index (χ3n) is 3.35. The Bertz CT molecular complexity index is 649. The van der Waals surface area contributed by atoms with Gasteiger partial charge in [-0.25, -0.2) is 5.48 Å². The highest BCUT2D eigenvalue weighted by atomic mass is 16.5. The zero-order valence-corrected chi connectivity index (χ0v) is 12.1. The molecule has 0 fully saturated rings. The van der Waals surface area contributed by atoms with Crippen LogP contribution in [-0.2, 0) is 4.79 Å². The van der Waals surface area contributed by atoms with Crippen LogP contribution in [0.2, 0.25) is 0 Å². The predicted molar refractivity (Wildman–Crippen MR) is 81.7 cm³/mol. The molecule has 2 aromatic rings. The molecule has 0 heterocycles. The Morgan fingerprint density at radius 2 is 1.43 bits per heavy atom. The van der Waals surface area contributed by atoms with Crippen LogP contribution in [0.1, 0.15) is 22.0 Å². The van der Waals surface area contributed by atoms with Crippen molar-refractivity contribution in [3.8, 4) is 0 Å². The first-order valence-electron chi connectivity index (χ1n) is 6.91. The SMILES string of the molecule is O=C(N[C@H](C(=O)NO)[C@H](NO)c1ccccc1)c1ccccc1. The molecule has 2 atom stereocenters. The fourth-order valence-electron chi connectivity index (χ4n) is 2.19. The number of hydrogen-bond acceptors (Lipinski definition) is 5. The van der Waals surface area contributed by atoms with Crippen molar-refractivity contribution in [3.63, 3.8) is 0 Å². The molecular weight excluding hydrogens is 298 g/mol. The first kappa shape index (κ1) is 16.6. The molecule has 0 saturated heterocycles. The summed E-state index contributed by atoms with van der Waals surface area (Å²) < 4.78 is 0. The van der Waals surface area contributed by atoms with E-state index in [9.17, 15) is 14.8 Å². The summed E-state index contributed by atoms with van der Waals surface area (Å²) in [4.78, 5) is 24.2. The van der Waals surface area contributed by atoms with E-state index in [2.05, 4.69) is 5.32 Å². The normalized spacial score (nSPS) is 13.0. The number of nitrogens with one attached hydrogen (secondary N) is 3. The Hall–Kier alpha value is -2.74. The molecule has 7 nitrogen and oxygen atoms in total. The molecule has 0 aliphatic rings. The minimum atomic E-state index is -1.22. The maximum Gasteiger partial charge on any atom is 0.267 e. The van der Waals surface area contributed by atoms with E-state index in [-0.39, 0.29) is 0 Å². The van der Waals surface area contributed by atoms with E-state index < -0.39 is 23.9 Å². The lowest BCUT2D eigenvalue weighted by molar-refractivity contribution is -0.132. The second-order valence-electron chi connectivity index (χ2n) is 4.81. The summed E-state index contributed by atoms with van der Waals surface area (Å²) in [5.74, 6) is -1.36. The smallest absolute Gasteiger partial charge is 0.267 e. The van der Waals surface area contributed by atoms with Gasteiger partial charge in [0.25, 0.3) is 11.8 Å². The van der Waals surface area contributed by atoms with Gasteiger partial charge in [0.15, 0.2) is 0 Å². The van der Waals surface area contributed by atoms with Gasteiger partial charge in [0.05, 0.1) is 6.04 Å². The van der Waals surface area contributed by atoms with Gasteiger partial charge in [-0.05, 0) is 17.7 Å². The summed E-state index contributed by atoms with van der Waals surface area (Å²) in [6.45, 7) is 0. The quantitative estimate of drug-likeness (QED) is 0.404. The summed E-state index contributed by atoms with van der Waals surface area (Å²) in [5.41, 5.74) is 4.43. The van der Waals surface area contributed by atoms with Crippen molar-refractivity contribution in [2.24, 2.45) is 0 Å². The van der Waals surface area contributed by atoms with Crippen molar-refractivity contribution in [1.29, 1.82) is 0 Å². The van der Waals surface area contributed by atoms with Gasteiger partial charge >= 0.3 is 0 Å². The third-order valence-corrected chi connectivity index (χ3v) is 3.35. The van der Waals surface area contributed by atoms with Gasteiger partial charge in [0.2, 0.25) is 0 Å². The minimum absolute atomic E-state index is 0.355. The van der Waals surface area contributed by atoms with Gasteiger partial charge in [-0.1, -0.05) is 48.5 Å². The molecule has 120 valence electrons. The van der Waals surface area contributed by atoms with Crippen molar-refractivity contribution < 1.29 is 20.0 Å². The highest BCUT2D eigenvalue weighted by molar-refractivity contribution is 5.97. The number of amides is 2. The molecule has 0 spiro atoms. The first-order valence-corrected chi connectivity index (χ1v) is 6.91. The Balaban J connectivity index is 2.26. The second kappa shape index (κ2) is 8.04. The molecule has 0 radical (unpaired) electrons. The first-order chi connectivity index (χ1) is 11.2. The van der Waals surface area contributed by atoms with Crippen LogP contribution in [0, 0.1) is 0 Å². The molecule has 7 heteroatoms. The van der Waals surface area contributed by atoms with Crippen molar-refractivity contribution in [3.05, 3.63) is 71.8 Å². The van der Waals surface area contributed by atoms with Crippen LogP contribution in [0.25, 0.3) is 0 Å². The van der Waals surface area contributed by atoms with Crippen LogP contribution in [-0.4, -0.2) is 28.3 Å². The Morgan fingerprint density at radius 1 is 0.870 bits per heavy atom. The number of hydroxylamine groups is 2. The molecule has 0 saturated carbocycles. The Morgan fingerprint density at radius 3 is 1.96 bits per heavy atom. The fraction of sp³-hybridized carbons (Fsp3) is 0.125. The van der Waals surface area contributed by atoms with Gasteiger partial charge in [0.1, 0.15) is 6.04 Å². The van der Waals surface area contributed by atoms with Crippen molar-refractivity contribution >= 4 is 11.8 Å². The fourth-order valence-corrected chi connectivity index (χ4v) is 2.19. The number of carbonyl (C=O) groups excluding carboxylic acids is 2. The van der Waals surface area contributed by atoms with Crippen LogP contribution in [0.3, 0.4) is 0 Å². The molecule has 2 aromatic carbocycles.